The summed E-state index contributed by atoms with van der Waals surface area (Å²) in [6.45, 7) is 7.10. The van der Waals surface area contributed by atoms with Gasteiger partial charge >= 0.3 is 0 Å². The van der Waals surface area contributed by atoms with Crippen LogP contribution in [-0.2, 0) is 16.0 Å². The summed E-state index contributed by atoms with van der Waals surface area (Å²) in [4.78, 5) is 28.7. The van der Waals surface area contributed by atoms with E-state index in [1.54, 1.807) is 6.08 Å². The largest absolute Gasteiger partial charge is 0.369 e. The molecule has 156 valence electrons. The lowest BCUT2D eigenvalue weighted by Gasteiger charge is -2.40. The predicted molar refractivity (Wildman–Crippen MR) is 122 cm³/mol. The van der Waals surface area contributed by atoms with Crippen LogP contribution in [0.4, 0.5) is 11.4 Å². The maximum Gasteiger partial charge on any atom is 0.238 e. The summed E-state index contributed by atoms with van der Waals surface area (Å²) in [5, 5.41) is 3.78. The molecule has 2 aromatic rings. The molecule has 0 saturated carbocycles. The smallest absolute Gasteiger partial charge is 0.238 e. The zero-order chi connectivity index (χ0) is 21.3. The summed E-state index contributed by atoms with van der Waals surface area (Å²) >= 11 is 6.15. The molecule has 0 radical (unpaired) electrons. The third-order valence-electron chi connectivity index (χ3n) is 5.86. The fraction of sp³-hybridized carbons (Fsp3) is 0.333. The lowest BCUT2D eigenvalue weighted by Crippen LogP contribution is -2.53. The van der Waals surface area contributed by atoms with E-state index in [4.69, 9.17) is 11.6 Å². The van der Waals surface area contributed by atoms with E-state index >= 15 is 0 Å². The van der Waals surface area contributed by atoms with Gasteiger partial charge in [0.25, 0.3) is 0 Å². The van der Waals surface area contributed by atoms with E-state index in [-0.39, 0.29) is 17.7 Å². The predicted octanol–water partition coefficient (Wildman–Crippen LogP) is 3.94. The molecule has 2 aliphatic rings. The van der Waals surface area contributed by atoms with E-state index in [0.29, 0.717) is 13.0 Å². The molecule has 1 amide bonds. The number of fused-ring (bicyclic) bond motifs is 1. The van der Waals surface area contributed by atoms with Crippen LogP contribution in [0.15, 0.2) is 42.5 Å². The van der Waals surface area contributed by atoms with Gasteiger partial charge in [0.15, 0.2) is 5.78 Å². The average molecular weight is 424 g/mol. The Bertz CT molecular complexity index is 1020. The van der Waals surface area contributed by atoms with E-state index in [1.807, 2.05) is 37.3 Å². The molecule has 1 aliphatic heterocycles. The molecule has 0 aromatic heterocycles. The number of piperazine rings is 1. The molecule has 1 atom stereocenters. The van der Waals surface area contributed by atoms with Crippen LogP contribution in [0.2, 0.25) is 5.02 Å². The Morgan fingerprint density at radius 1 is 1.17 bits per heavy atom. The van der Waals surface area contributed by atoms with Crippen LogP contribution >= 0.6 is 11.6 Å². The van der Waals surface area contributed by atoms with Crippen molar-refractivity contribution in [1.82, 2.24) is 4.90 Å². The van der Waals surface area contributed by atoms with Gasteiger partial charge in [0, 0.05) is 48.5 Å². The maximum absolute atomic E-state index is 12.6. The van der Waals surface area contributed by atoms with Crippen molar-refractivity contribution < 1.29 is 9.59 Å². The van der Waals surface area contributed by atoms with Crippen LogP contribution in [0, 0.1) is 6.92 Å². The zero-order valence-electron chi connectivity index (χ0n) is 17.3. The number of allylic oxidation sites excluding steroid dienone is 1. The number of carbonyl (C=O) groups excluding carboxylic acids is 2. The number of nitrogens with zero attached hydrogens (tertiary/aromatic N) is 2. The SMILES string of the molecule is Cc1cc(N2CCN(CC(=O)Nc3ccc4c(c3)C=CC(=O)C4)[C@H](C)C2)ccc1Cl. The van der Waals surface area contributed by atoms with Gasteiger partial charge in [-0.1, -0.05) is 23.7 Å². The van der Waals surface area contributed by atoms with Crippen molar-refractivity contribution in [2.45, 2.75) is 26.3 Å². The molecule has 1 aliphatic carbocycles. The summed E-state index contributed by atoms with van der Waals surface area (Å²) in [6.07, 6.45) is 3.84. The number of nitrogens with one attached hydrogen (secondary N) is 1. The number of hydrogen-bond donors (Lipinski definition) is 1. The summed E-state index contributed by atoms with van der Waals surface area (Å²) in [7, 11) is 0. The topological polar surface area (TPSA) is 52.6 Å². The van der Waals surface area contributed by atoms with Crippen molar-refractivity contribution in [2.24, 2.45) is 0 Å². The van der Waals surface area contributed by atoms with Gasteiger partial charge in [-0.05, 0) is 66.9 Å². The van der Waals surface area contributed by atoms with Crippen molar-refractivity contribution in [2.75, 3.05) is 36.4 Å². The first-order valence-electron chi connectivity index (χ1n) is 10.3. The van der Waals surface area contributed by atoms with Gasteiger partial charge in [-0.3, -0.25) is 14.5 Å². The number of halogens is 1. The van der Waals surface area contributed by atoms with Crippen molar-refractivity contribution in [3.63, 3.8) is 0 Å². The highest BCUT2D eigenvalue weighted by Crippen LogP contribution is 2.25. The summed E-state index contributed by atoms with van der Waals surface area (Å²) in [5.74, 6) is 0.0922. The molecule has 5 nitrogen and oxygen atoms in total. The third kappa shape index (κ3) is 4.58. The standard InChI is InChI=1S/C24H26ClN3O2/c1-16-11-21(6-8-23(16)25)28-10-9-27(17(2)14-28)15-24(30)26-20-5-3-19-13-22(29)7-4-18(19)12-20/h3-8,11-12,17H,9-10,13-15H2,1-2H3,(H,26,30)/t17-/m1/s1. The number of carbonyl (C=O) groups is 2. The Morgan fingerprint density at radius 2 is 2.00 bits per heavy atom. The molecule has 1 N–H and O–H groups in total. The number of rotatable bonds is 4. The Hall–Kier alpha value is -2.63. The molecule has 1 heterocycles. The highest BCUT2D eigenvalue weighted by Gasteiger charge is 2.25. The van der Waals surface area contributed by atoms with E-state index in [0.717, 1.165) is 47.0 Å². The first-order chi connectivity index (χ1) is 14.4. The summed E-state index contributed by atoms with van der Waals surface area (Å²) in [6, 6.07) is 12.1. The van der Waals surface area contributed by atoms with E-state index in [9.17, 15) is 9.59 Å². The quantitative estimate of drug-likeness (QED) is 0.809. The second-order valence-electron chi connectivity index (χ2n) is 8.14. The first kappa shape index (κ1) is 20.6. The number of hydrogen-bond acceptors (Lipinski definition) is 4. The zero-order valence-corrected chi connectivity index (χ0v) is 18.1. The molecule has 4 rings (SSSR count). The fourth-order valence-corrected chi connectivity index (χ4v) is 4.21. The van der Waals surface area contributed by atoms with Crippen LogP contribution in [0.25, 0.3) is 6.08 Å². The normalized spacial score (nSPS) is 19.0. The second-order valence-corrected chi connectivity index (χ2v) is 8.54. The van der Waals surface area contributed by atoms with Gasteiger partial charge in [0.1, 0.15) is 0 Å². The van der Waals surface area contributed by atoms with Crippen LogP contribution in [-0.4, -0.2) is 48.8 Å². The van der Waals surface area contributed by atoms with Gasteiger partial charge in [-0.15, -0.1) is 0 Å². The van der Waals surface area contributed by atoms with Crippen molar-refractivity contribution in [1.29, 1.82) is 0 Å². The van der Waals surface area contributed by atoms with E-state index < -0.39 is 0 Å². The van der Waals surface area contributed by atoms with Crippen LogP contribution in [0.3, 0.4) is 0 Å². The number of benzene rings is 2. The molecule has 6 heteroatoms. The molecule has 30 heavy (non-hydrogen) atoms. The summed E-state index contributed by atoms with van der Waals surface area (Å²) < 4.78 is 0. The van der Waals surface area contributed by atoms with Gasteiger partial charge in [0.05, 0.1) is 6.54 Å². The molecular weight excluding hydrogens is 398 g/mol. The second kappa shape index (κ2) is 8.62. The van der Waals surface area contributed by atoms with Crippen molar-refractivity contribution >= 4 is 40.7 Å². The van der Waals surface area contributed by atoms with E-state index in [1.165, 1.54) is 5.69 Å². The first-order valence-corrected chi connectivity index (χ1v) is 10.7. The number of aryl methyl sites for hydroxylation is 1. The molecule has 0 spiro atoms. The maximum atomic E-state index is 12.6. The summed E-state index contributed by atoms with van der Waals surface area (Å²) in [5.41, 5.74) is 5.01. The van der Waals surface area contributed by atoms with Crippen molar-refractivity contribution in [3.8, 4) is 0 Å². The average Bonchev–Trinajstić information content (AvgIpc) is 2.71. The lowest BCUT2D eigenvalue weighted by atomic mass is 9.96. The van der Waals surface area contributed by atoms with Crippen LogP contribution in [0.1, 0.15) is 23.6 Å². The van der Waals surface area contributed by atoms with Gasteiger partial charge in [-0.25, -0.2) is 0 Å². The molecule has 0 bridgehead atoms. The van der Waals surface area contributed by atoms with Crippen LogP contribution in [0.5, 0.6) is 0 Å². The van der Waals surface area contributed by atoms with Gasteiger partial charge < -0.3 is 10.2 Å². The number of ketones is 1. The minimum Gasteiger partial charge on any atom is -0.369 e. The minimum absolute atomic E-state index is 0.0200. The molecule has 0 unspecified atom stereocenters. The number of amides is 1. The lowest BCUT2D eigenvalue weighted by molar-refractivity contribution is -0.118. The monoisotopic (exact) mass is 423 g/mol. The highest BCUT2D eigenvalue weighted by molar-refractivity contribution is 6.31. The molecular formula is C24H26ClN3O2. The Morgan fingerprint density at radius 3 is 2.77 bits per heavy atom. The fourth-order valence-electron chi connectivity index (χ4n) is 4.09. The Kier molecular flexibility index (Phi) is 5.93. The van der Waals surface area contributed by atoms with Gasteiger partial charge in [-0.2, -0.15) is 0 Å². The molecule has 2 aromatic carbocycles. The molecule has 1 saturated heterocycles. The van der Waals surface area contributed by atoms with Gasteiger partial charge in [0.2, 0.25) is 5.91 Å². The van der Waals surface area contributed by atoms with Crippen LogP contribution < -0.4 is 10.2 Å². The Labute approximate surface area is 182 Å². The third-order valence-corrected chi connectivity index (χ3v) is 6.29. The minimum atomic E-state index is -0.0200. The van der Waals surface area contributed by atoms with Crippen molar-refractivity contribution in [3.05, 3.63) is 64.2 Å². The highest BCUT2D eigenvalue weighted by atomic mass is 35.5. The molecule has 1 fully saturated rings. The van der Waals surface area contributed by atoms with E-state index in [2.05, 4.69) is 34.2 Å². The Balaban J connectivity index is 1.34. The number of anilines is 2.